The van der Waals surface area contributed by atoms with E-state index in [0.29, 0.717) is 10.6 Å². The van der Waals surface area contributed by atoms with E-state index in [1.54, 1.807) is 19.1 Å². The first-order valence-corrected chi connectivity index (χ1v) is 10.5. The number of carbonyl (C=O) groups is 3. The molecule has 1 atom stereocenters. The Morgan fingerprint density at radius 1 is 1.18 bits per heavy atom. The summed E-state index contributed by atoms with van der Waals surface area (Å²) in [6, 6.07) is 4.24. The molecule has 28 heavy (non-hydrogen) atoms. The van der Waals surface area contributed by atoms with Crippen LogP contribution in [0.2, 0.25) is 10.0 Å². The summed E-state index contributed by atoms with van der Waals surface area (Å²) >= 11 is 12.2. The van der Waals surface area contributed by atoms with Crippen LogP contribution in [-0.4, -0.2) is 35.3 Å². The number of amides is 4. The van der Waals surface area contributed by atoms with E-state index in [4.69, 9.17) is 23.2 Å². The number of rotatable bonds is 4. The molecule has 2 N–H and O–H groups in total. The molecule has 1 saturated heterocycles. The third-order valence-electron chi connectivity index (χ3n) is 5.52. The number of halogens is 2. The smallest absolute Gasteiger partial charge is 0.325 e. The molecule has 6 nitrogen and oxygen atoms in total. The van der Waals surface area contributed by atoms with E-state index in [1.807, 2.05) is 0 Å². The van der Waals surface area contributed by atoms with Crippen LogP contribution in [0.1, 0.15) is 57.4 Å². The molecule has 3 rings (SSSR count). The molecule has 2 fully saturated rings. The Morgan fingerprint density at radius 2 is 1.82 bits per heavy atom. The van der Waals surface area contributed by atoms with E-state index in [-0.39, 0.29) is 23.5 Å². The first-order valence-electron chi connectivity index (χ1n) is 9.70. The summed E-state index contributed by atoms with van der Waals surface area (Å²) < 4.78 is 0. The van der Waals surface area contributed by atoms with Crippen LogP contribution in [0.25, 0.3) is 0 Å². The Balaban J connectivity index is 1.68. The van der Waals surface area contributed by atoms with Crippen molar-refractivity contribution in [2.45, 2.75) is 63.5 Å². The van der Waals surface area contributed by atoms with Crippen LogP contribution < -0.4 is 10.6 Å². The van der Waals surface area contributed by atoms with Crippen LogP contribution in [0.3, 0.4) is 0 Å². The normalized spacial score (nSPS) is 23.9. The number of nitrogens with zero attached hydrogens (tertiary/aromatic N) is 1. The maximum atomic E-state index is 13.0. The summed E-state index contributed by atoms with van der Waals surface area (Å²) in [6.07, 6.45) is 7.64. The quantitative estimate of drug-likeness (QED) is 0.715. The number of urea groups is 1. The summed E-state index contributed by atoms with van der Waals surface area (Å²) in [7, 11) is 0. The molecule has 1 aliphatic carbocycles. The van der Waals surface area contributed by atoms with Gasteiger partial charge >= 0.3 is 6.03 Å². The molecule has 1 aromatic rings. The Labute approximate surface area is 174 Å². The lowest BCUT2D eigenvalue weighted by Gasteiger charge is -2.24. The molecule has 4 amide bonds. The van der Waals surface area contributed by atoms with Crippen molar-refractivity contribution in [1.29, 1.82) is 0 Å². The number of hydrogen-bond donors (Lipinski definition) is 2. The van der Waals surface area contributed by atoms with E-state index in [9.17, 15) is 14.4 Å². The van der Waals surface area contributed by atoms with Crippen molar-refractivity contribution in [3.8, 4) is 0 Å². The average Bonchev–Trinajstić information content (AvgIpc) is 2.81. The maximum Gasteiger partial charge on any atom is 0.325 e. The van der Waals surface area contributed by atoms with Crippen molar-refractivity contribution >= 4 is 41.0 Å². The van der Waals surface area contributed by atoms with Gasteiger partial charge in [-0.25, -0.2) is 4.79 Å². The van der Waals surface area contributed by atoms with Gasteiger partial charge in [0, 0.05) is 21.7 Å². The van der Waals surface area contributed by atoms with Gasteiger partial charge in [-0.05, 0) is 31.9 Å². The highest BCUT2D eigenvalue weighted by Gasteiger charge is 2.50. The SMILES string of the molecule is CC1(c2ccc(Cl)cc2Cl)NC(=O)N(CC(=O)NC2CCCCCCC2)C1=O. The first-order chi connectivity index (χ1) is 13.3. The number of carbonyl (C=O) groups excluding carboxylic acids is 3. The van der Waals surface area contributed by atoms with Gasteiger partial charge in [0.2, 0.25) is 5.91 Å². The highest BCUT2D eigenvalue weighted by molar-refractivity contribution is 6.35. The molecule has 0 radical (unpaired) electrons. The minimum Gasteiger partial charge on any atom is -0.352 e. The Hall–Kier alpha value is -1.79. The van der Waals surface area contributed by atoms with Crippen molar-refractivity contribution in [3.05, 3.63) is 33.8 Å². The van der Waals surface area contributed by atoms with E-state index in [0.717, 1.165) is 30.6 Å². The minimum absolute atomic E-state index is 0.102. The molecule has 8 heteroatoms. The van der Waals surface area contributed by atoms with Crippen LogP contribution in [0, 0.1) is 0 Å². The average molecular weight is 426 g/mol. The second kappa shape index (κ2) is 8.70. The summed E-state index contributed by atoms with van der Waals surface area (Å²) in [5.74, 6) is -0.824. The molecule has 1 aromatic carbocycles. The van der Waals surface area contributed by atoms with Gasteiger partial charge in [-0.3, -0.25) is 14.5 Å². The Kier molecular flexibility index (Phi) is 6.50. The predicted octanol–water partition coefficient (Wildman–Crippen LogP) is 3.99. The van der Waals surface area contributed by atoms with Gasteiger partial charge in [0.25, 0.3) is 5.91 Å². The van der Waals surface area contributed by atoms with Gasteiger partial charge in [-0.15, -0.1) is 0 Å². The van der Waals surface area contributed by atoms with Crippen LogP contribution in [0.5, 0.6) is 0 Å². The lowest BCUT2D eigenvalue weighted by molar-refractivity contribution is -0.135. The van der Waals surface area contributed by atoms with E-state index in [1.165, 1.54) is 25.3 Å². The molecule has 1 saturated carbocycles. The van der Waals surface area contributed by atoms with Crippen LogP contribution in [0.15, 0.2) is 18.2 Å². The van der Waals surface area contributed by atoms with E-state index >= 15 is 0 Å². The van der Waals surface area contributed by atoms with Crippen LogP contribution in [-0.2, 0) is 15.1 Å². The molecule has 0 spiro atoms. The van der Waals surface area contributed by atoms with Crippen molar-refractivity contribution < 1.29 is 14.4 Å². The fraction of sp³-hybridized carbons (Fsp3) is 0.550. The molecule has 152 valence electrons. The van der Waals surface area contributed by atoms with E-state index < -0.39 is 17.5 Å². The van der Waals surface area contributed by atoms with Crippen molar-refractivity contribution in [2.24, 2.45) is 0 Å². The van der Waals surface area contributed by atoms with Crippen LogP contribution >= 0.6 is 23.2 Å². The maximum absolute atomic E-state index is 13.0. The van der Waals surface area contributed by atoms with Crippen LogP contribution in [0.4, 0.5) is 4.79 Å². The first kappa shape index (κ1) is 20.9. The van der Waals surface area contributed by atoms with Gasteiger partial charge in [0.1, 0.15) is 12.1 Å². The molecule has 1 aliphatic heterocycles. The lowest BCUT2D eigenvalue weighted by Crippen LogP contribution is -2.45. The summed E-state index contributed by atoms with van der Waals surface area (Å²) in [5.41, 5.74) is -0.890. The number of imide groups is 1. The van der Waals surface area contributed by atoms with Crippen molar-refractivity contribution in [1.82, 2.24) is 15.5 Å². The fourth-order valence-electron chi connectivity index (χ4n) is 3.94. The van der Waals surface area contributed by atoms with Gasteiger partial charge in [-0.2, -0.15) is 0 Å². The molecule has 1 unspecified atom stereocenters. The zero-order chi connectivity index (χ0) is 20.3. The van der Waals surface area contributed by atoms with Gasteiger partial charge < -0.3 is 10.6 Å². The third-order valence-corrected chi connectivity index (χ3v) is 6.06. The zero-order valence-electron chi connectivity index (χ0n) is 15.9. The topological polar surface area (TPSA) is 78.5 Å². The molecule has 1 heterocycles. The minimum atomic E-state index is -1.33. The van der Waals surface area contributed by atoms with Gasteiger partial charge in [0.15, 0.2) is 0 Å². The predicted molar refractivity (Wildman–Crippen MR) is 108 cm³/mol. The fourth-order valence-corrected chi connectivity index (χ4v) is 4.53. The largest absolute Gasteiger partial charge is 0.352 e. The molecular formula is C20H25Cl2N3O3. The second-order valence-corrected chi connectivity index (χ2v) is 8.52. The van der Waals surface area contributed by atoms with Gasteiger partial charge in [0.05, 0.1) is 0 Å². The highest BCUT2D eigenvalue weighted by atomic mass is 35.5. The second-order valence-electron chi connectivity index (χ2n) is 7.68. The monoisotopic (exact) mass is 425 g/mol. The Bertz CT molecular complexity index is 778. The number of benzene rings is 1. The van der Waals surface area contributed by atoms with Crippen molar-refractivity contribution in [3.63, 3.8) is 0 Å². The van der Waals surface area contributed by atoms with Gasteiger partial charge in [-0.1, -0.05) is 61.4 Å². The lowest BCUT2D eigenvalue weighted by atomic mass is 9.92. The third kappa shape index (κ3) is 4.44. The standard InChI is InChI=1S/C20H25Cl2N3O3/c1-20(15-10-9-13(21)11-16(15)22)18(27)25(19(28)24-20)12-17(26)23-14-7-5-3-2-4-6-8-14/h9-11,14H,2-8,12H2,1H3,(H,23,26)(H,24,28). The molecule has 0 aromatic heterocycles. The summed E-state index contributed by atoms with van der Waals surface area (Å²) in [6.45, 7) is 1.27. The summed E-state index contributed by atoms with van der Waals surface area (Å²) in [5, 5.41) is 6.36. The zero-order valence-corrected chi connectivity index (χ0v) is 17.4. The molecular weight excluding hydrogens is 401 g/mol. The number of hydrogen-bond acceptors (Lipinski definition) is 3. The van der Waals surface area contributed by atoms with E-state index in [2.05, 4.69) is 10.6 Å². The van der Waals surface area contributed by atoms with Crippen molar-refractivity contribution in [2.75, 3.05) is 6.54 Å². The summed E-state index contributed by atoms with van der Waals surface area (Å²) in [4.78, 5) is 38.8. The highest BCUT2D eigenvalue weighted by Crippen LogP contribution is 2.34. The Morgan fingerprint density at radius 3 is 2.46 bits per heavy atom. The molecule has 0 bridgehead atoms. The number of nitrogens with one attached hydrogen (secondary N) is 2. The molecule has 2 aliphatic rings.